The molecule has 2 N–H and O–H groups in total. The van der Waals surface area contributed by atoms with Crippen LogP contribution < -0.4 is 5.73 Å². The van der Waals surface area contributed by atoms with Crippen LogP contribution >= 0.6 is 0 Å². The molecule has 1 unspecified atom stereocenters. The Morgan fingerprint density at radius 3 is 2.59 bits per heavy atom. The molecule has 3 heteroatoms. The van der Waals surface area contributed by atoms with Gasteiger partial charge >= 0.3 is 0 Å². The quantitative estimate of drug-likeness (QED) is 0.820. The lowest BCUT2D eigenvalue weighted by atomic mass is 9.95. The van der Waals surface area contributed by atoms with E-state index >= 15 is 0 Å². The summed E-state index contributed by atoms with van der Waals surface area (Å²) in [5, 5.41) is 0. The summed E-state index contributed by atoms with van der Waals surface area (Å²) in [6.45, 7) is 9.17. The molecule has 0 aliphatic rings. The van der Waals surface area contributed by atoms with Crippen LogP contribution in [0.25, 0.3) is 0 Å². The Kier molecular flexibility index (Phi) is 5.59. The van der Waals surface area contributed by atoms with Crippen molar-refractivity contribution in [2.75, 3.05) is 20.1 Å². The summed E-state index contributed by atoms with van der Waals surface area (Å²) in [5.74, 6) is 1.19. The number of aryl methyl sites for hydroxylation is 1. The van der Waals surface area contributed by atoms with Gasteiger partial charge in [0, 0.05) is 18.8 Å². The standard InChI is InChI=1S/C14H25N3/c1-11(2)13(8-15)9-17(4)10-14-7-5-6-12(3)16-14/h5-7,11,13H,8-10,15H2,1-4H3. The molecule has 0 aromatic carbocycles. The van der Waals surface area contributed by atoms with Crippen LogP contribution in [0.2, 0.25) is 0 Å². The number of pyridine rings is 1. The maximum absolute atomic E-state index is 5.80. The molecule has 1 rings (SSSR count). The number of hydrogen-bond acceptors (Lipinski definition) is 3. The molecule has 0 amide bonds. The highest BCUT2D eigenvalue weighted by Crippen LogP contribution is 2.12. The molecule has 0 aliphatic heterocycles. The number of aromatic nitrogens is 1. The Labute approximate surface area is 105 Å². The van der Waals surface area contributed by atoms with Gasteiger partial charge in [0.1, 0.15) is 0 Å². The van der Waals surface area contributed by atoms with E-state index in [4.69, 9.17) is 5.73 Å². The summed E-state index contributed by atoms with van der Waals surface area (Å²) in [6, 6.07) is 6.17. The molecule has 0 saturated carbocycles. The van der Waals surface area contributed by atoms with Crippen LogP contribution in [0.5, 0.6) is 0 Å². The molecule has 0 radical (unpaired) electrons. The second-order valence-electron chi connectivity index (χ2n) is 5.21. The van der Waals surface area contributed by atoms with Crippen LogP contribution in [0.4, 0.5) is 0 Å². The highest BCUT2D eigenvalue weighted by Gasteiger charge is 2.14. The third-order valence-electron chi connectivity index (χ3n) is 3.17. The van der Waals surface area contributed by atoms with Gasteiger partial charge < -0.3 is 10.6 Å². The maximum atomic E-state index is 5.80. The summed E-state index contributed by atoms with van der Waals surface area (Å²) in [6.07, 6.45) is 0. The maximum Gasteiger partial charge on any atom is 0.0547 e. The van der Waals surface area contributed by atoms with Gasteiger partial charge in [-0.3, -0.25) is 4.98 Å². The lowest BCUT2D eigenvalue weighted by Crippen LogP contribution is -2.33. The monoisotopic (exact) mass is 235 g/mol. The molecule has 0 bridgehead atoms. The fraction of sp³-hybridized carbons (Fsp3) is 0.643. The number of rotatable bonds is 6. The van der Waals surface area contributed by atoms with Crippen LogP contribution in [-0.2, 0) is 6.54 Å². The largest absolute Gasteiger partial charge is 0.330 e. The number of hydrogen-bond donors (Lipinski definition) is 1. The third kappa shape index (κ3) is 4.84. The lowest BCUT2D eigenvalue weighted by Gasteiger charge is -2.25. The van der Waals surface area contributed by atoms with Crippen LogP contribution in [0, 0.1) is 18.8 Å². The van der Waals surface area contributed by atoms with Gasteiger partial charge in [0.05, 0.1) is 5.69 Å². The summed E-state index contributed by atoms with van der Waals surface area (Å²) < 4.78 is 0. The highest BCUT2D eigenvalue weighted by molar-refractivity contribution is 5.09. The minimum Gasteiger partial charge on any atom is -0.330 e. The first-order valence-electron chi connectivity index (χ1n) is 6.34. The molecular weight excluding hydrogens is 210 g/mol. The molecule has 0 spiro atoms. The molecule has 1 atom stereocenters. The predicted octanol–water partition coefficient (Wildman–Crippen LogP) is 2.05. The zero-order valence-electron chi connectivity index (χ0n) is 11.5. The fourth-order valence-electron chi connectivity index (χ4n) is 1.99. The lowest BCUT2D eigenvalue weighted by molar-refractivity contribution is 0.232. The second-order valence-corrected chi connectivity index (χ2v) is 5.21. The van der Waals surface area contributed by atoms with Gasteiger partial charge in [-0.25, -0.2) is 0 Å². The number of nitrogens with two attached hydrogens (primary N) is 1. The van der Waals surface area contributed by atoms with E-state index < -0.39 is 0 Å². The van der Waals surface area contributed by atoms with E-state index in [1.165, 1.54) is 0 Å². The molecule has 1 aromatic heterocycles. The van der Waals surface area contributed by atoms with Crippen molar-refractivity contribution in [3.05, 3.63) is 29.6 Å². The van der Waals surface area contributed by atoms with Crippen molar-refractivity contribution < 1.29 is 0 Å². The van der Waals surface area contributed by atoms with E-state index in [0.29, 0.717) is 11.8 Å². The van der Waals surface area contributed by atoms with Gasteiger partial charge in [-0.1, -0.05) is 19.9 Å². The number of nitrogens with zero attached hydrogens (tertiary/aromatic N) is 2. The van der Waals surface area contributed by atoms with Crippen LogP contribution in [-0.4, -0.2) is 30.0 Å². The first-order chi connectivity index (χ1) is 8.02. The molecule has 1 aromatic rings. The molecule has 17 heavy (non-hydrogen) atoms. The van der Waals surface area contributed by atoms with Crippen molar-refractivity contribution in [1.29, 1.82) is 0 Å². The van der Waals surface area contributed by atoms with E-state index in [2.05, 4.69) is 42.9 Å². The third-order valence-corrected chi connectivity index (χ3v) is 3.17. The van der Waals surface area contributed by atoms with Crippen molar-refractivity contribution in [1.82, 2.24) is 9.88 Å². The van der Waals surface area contributed by atoms with Gasteiger partial charge in [-0.15, -0.1) is 0 Å². The predicted molar refractivity (Wildman–Crippen MR) is 72.7 cm³/mol. The Hall–Kier alpha value is -0.930. The molecule has 96 valence electrons. The minimum absolute atomic E-state index is 0.560. The summed E-state index contributed by atoms with van der Waals surface area (Å²) in [5.41, 5.74) is 8.01. The normalized spacial score (nSPS) is 13.4. The Morgan fingerprint density at radius 1 is 1.35 bits per heavy atom. The first-order valence-corrected chi connectivity index (χ1v) is 6.34. The molecular formula is C14H25N3. The van der Waals surface area contributed by atoms with Gasteiger partial charge in [0.2, 0.25) is 0 Å². The van der Waals surface area contributed by atoms with E-state index in [-0.39, 0.29) is 0 Å². The zero-order valence-corrected chi connectivity index (χ0v) is 11.5. The highest BCUT2D eigenvalue weighted by atomic mass is 15.1. The van der Waals surface area contributed by atoms with E-state index in [9.17, 15) is 0 Å². The molecule has 0 aliphatic carbocycles. The Balaban J connectivity index is 2.51. The van der Waals surface area contributed by atoms with E-state index in [0.717, 1.165) is 31.0 Å². The van der Waals surface area contributed by atoms with E-state index in [1.54, 1.807) is 0 Å². The summed E-state index contributed by atoms with van der Waals surface area (Å²) >= 11 is 0. The second kappa shape index (κ2) is 6.72. The van der Waals surface area contributed by atoms with Gasteiger partial charge in [-0.05, 0) is 44.5 Å². The van der Waals surface area contributed by atoms with Crippen molar-refractivity contribution in [2.45, 2.75) is 27.3 Å². The Morgan fingerprint density at radius 2 is 2.06 bits per heavy atom. The van der Waals surface area contributed by atoms with Gasteiger partial charge in [0.15, 0.2) is 0 Å². The first kappa shape index (κ1) is 14.1. The Bertz CT molecular complexity index is 336. The van der Waals surface area contributed by atoms with Gasteiger partial charge in [-0.2, -0.15) is 0 Å². The summed E-state index contributed by atoms with van der Waals surface area (Å²) in [4.78, 5) is 6.82. The van der Waals surface area contributed by atoms with Crippen LogP contribution in [0.3, 0.4) is 0 Å². The molecule has 1 heterocycles. The molecule has 0 saturated heterocycles. The summed E-state index contributed by atoms with van der Waals surface area (Å²) in [7, 11) is 2.13. The van der Waals surface area contributed by atoms with Crippen molar-refractivity contribution in [3.8, 4) is 0 Å². The average Bonchev–Trinajstić information content (AvgIpc) is 2.25. The van der Waals surface area contributed by atoms with Crippen molar-refractivity contribution in [2.24, 2.45) is 17.6 Å². The van der Waals surface area contributed by atoms with Crippen LogP contribution in [0.15, 0.2) is 18.2 Å². The van der Waals surface area contributed by atoms with Crippen molar-refractivity contribution >= 4 is 0 Å². The molecule has 0 fully saturated rings. The smallest absolute Gasteiger partial charge is 0.0547 e. The zero-order chi connectivity index (χ0) is 12.8. The van der Waals surface area contributed by atoms with Crippen LogP contribution in [0.1, 0.15) is 25.2 Å². The minimum atomic E-state index is 0.560. The topological polar surface area (TPSA) is 42.1 Å². The fourth-order valence-corrected chi connectivity index (χ4v) is 1.99. The average molecular weight is 235 g/mol. The van der Waals surface area contributed by atoms with Crippen molar-refractivity contribution in [3.63, 3.8) is 0 Å². The SMILES string of the molecule is Cc1cccc(CN(C)CC(CN)C(C)C)n1. The van der Waals surface area contributed by atoms with E-state index in [1.807, 2.05) is 13.0 Å². The van der Waals surface area contributed by atoms with Gasteiger partial charge in [0.25, 0.3) is 0 Å². The molecule has 3 nitrogen and oxygen atoms in total.